The molecule has 0 saturated heterocycles. The highest BCUT2D eigenvalue weighted by Crippen LogP contribution is 2.28. The van der Waals surface area contributed by atoms with Gasteiger partial charge >= 0.3 is 0 Å². The molecule has 0 aliphatic heterocycles. The number of fused-ring (bicyclic) bond motifs is 1. The van der Waals surface area contributed by atoms with Gasteiger partial charge in [-0.3, -0.25) is 15.0 Å². The van der Waals surface area contributed by atoms with Crippen molar-refractivity contribution in [3.05, 3.63) is 57.5 Å². The zero-order valence-corrected chi connectivity index (χ0v) is 16.0. The van der Waals surface area contributed by atoms with Gasteiger partial charge in [0.05, 0.1) is 12.5 Å². The first-order valence-electron chi connectivity index (χ1n) is 8.23. The summed E-state index contributed by atoms with van der Waals surface area (Å²) in [6.45, 7) is 3.31. The Labute approximate surface area is 159 Å². The van der Waals surface area contributed by atoms with E-state index >= 15 is 0 Å². The molecule has 1 N–H and O–H groups in total. The molecular formula is C19H19N3O4S. The number of hydrogen-bond acceptors (Lipinski definition) is 6. The van der Waals surface area contributed by atoms with E-state index in [2.05, 4.69) is 10.4 Å². The zero-order chi connectivity index (χ0) is 19.4. The van der Waals surface area contributed by atoms with Crippen molar-refractivity contribution in [2.45, 2.75) is 13.8 Å². The van der Waals surface area contributed by atoms with E-state index in [-0.39, 0.29) is 12.2 Å². The van der Waals surface area contributed by atoms with Gasteiger partial charge < -0.3 is 9.47 Å². The standard InChI is InChI=1S/C19H19N3O4S/c1-4-5-13-6-7-15(16(10-13)25-3)26-11-17(23)21-22-12(2)20-18-14(19(22)24)8-9-27-18/h4-10H,11H2,1-3H3,(H,21,23). The van der Waals surface area contributed by atoms with Gasteiger partial charge in [0, 0.05) is 0 Å². The van der Waals surface area contributed by atoms with Crippen molar-refractivity contribution >= 4 is 33.5 Å². The number of carbonyl (C=O) groups excluding carboxylic acids is 1. The number of ether oxygens (including phenoxy) is 2. The summed E-state index contributed by atoms with van der Waals surface area (Å²) < 4.78 is 12.0. The van der Waals surface area contributed by atoms with E-state index in [0.29, 0.717) is 27.5 Å². The summed E-state index contributed by atoms with van der Waals surface area (Å²) in [6, 6.07) is 7.10. The van der Waals surface area contributed by atoms with Crippen LogP contribution >= 0.6 is 11.3 Å². The van der Waals surface area contributed by atoms with Crippen LogP contribution in [0.25, 0.3) is 16.3 Å². The molecule has 0 atom stereocenters. The molecule has 0 bridgehead atoms. The normalized spacial score (nSPS) is 11.1. The molecule has 0 aliphatic rings. The van der Waals surface area contributed by atoms with Crippen molar-refractivity contribution in [3.63, 3.8) is 0 Å². The van der Waals surface area contributed by atoms with Crippen molar-refractivity contribution in [1.29, 1.82) is 0 Å². The van der Waals surface area contributed by atoms with Gasteiger partial charge in [0.25, 0.3) is 11.5 Å². The number of nitrogens with one attached hydrogen (secondary N) is 1. The molecule has 8 heteroatoms. The highest BCUT2D eigenvalue weighted by atomic mass is 32.1. The fraction of sp³-hybridized carbons (Fsp3) is 0.211. The number of amides is 1. The van der Waals surface area contributed by atoms with Crippen molar-refractivity contribution in [2.24, 2.45) is 0 Å². The minimum Gasteiger partial charge on any atom is -0.493 e. The maximum Gasteiger partial charge on any atom is 0.281 e. The van der Waals surface area contributed by atoms with Gasteiger partial charge in [-0.05, 0) is 43.0 Å². The third-order valence-electron chi connectivity index (χ3n) is 3.81. The number of hydrogen-bond donors (Lipinski definition) is 1. The summed E-state index contributed by atoms with van der Waals surface area (Å²) in [6.07, 6.45) is 3.85. The Morgan fingerprint density at radius 3 is 2.89 bits per heavy atom. The number of aromatic nitrogens is 2. The van der Waals surface area contributed by atoms with Crippen molar-refractivity contribution in [3.8, 4) is 11.5 Å². The number of carbonyl (C=O) groups is 1. The largest absolute Gasteiger partial charge is 0.493 e. The maximum atomic E-state index is 12.5. The van der Waals surface area contributed by atoms with E-state index in [9.17, 15) is 9.59 Å². The molecule has 0 spiro atoms. The van der Waals surface area contributed by atoms with E-state index in [1.165, 1.54) is 18.4 Å². The quantitative estimate of drug-likeness (QED) is 0.705. The second-order valence-corrected chi connectivity index (χ2v) is 6.57. The van der Waals surface area contributed by atoms with E-state index < -0.39 is 5.91 Å². The van der Waals surface area contributed by atoms with Crippen LogP contribution in [0.4, 0.5) is 0 Å². The van der Waals surface area contributed by atoms with Crippen LogP contribution in [0.1, 0.15) is 18.3 Å². The van der Waals surface area contributed by atoms with E-state index in [0.717, 1.165) is 10.2 Å². The second-order valence-electron chi connectivity index (χ2n) is 5.67. The van der Waals surface area contributed by atoms with Gasteiger partial charge in [-0.2, -0.15) is 0 Å². The fourth-order valence-corrected chi connectivity index (χ4v) is 3.35. The van der Waals surface area contributed by atoms with Crippen LogP contribution in [0.15, 0.2) is 40.5 Å². The Morgan fingerprint density at radius 1 is 1.33 bits per heavy atom. The number of allylic oxidation sites excluding steroid dienone is 1. The van der Waals surface area contributed by atoms with Gasteiger partial charge in [-0.1, -0.05) is 18.2 Å². The minimum absolute atomic E-state index is 0.271. The molecule has 27 heavy (non-hydrogen) atoms. The SMILES string of the molecule is CC=Cc1ccc(OCC(=O)Nn2c(C)nc3sccc3c2=O)c(OC)c1. The number of methoxy groups -OCH3 is 1. The molecule has 2 heterocycles. The third kappa shape index (κ3) is 4.01. The molecule has 1 aromatic carbocycles. The highest BCUT2D eigenvalue weighted by Gasteiger charge is 2.13. The lowest BCUT2D eigenvalue weighted by molar-refractivity contribution is -0.119. The summed E-state index contributed by atoms with van der Waals surface area (Å²) in [4.78, 5) is 29.7. The number of rotatable bonds is 6. The van der Waals surface area contributed by atoms with Gasteiger partial charge in [0.2, 0.25) is 0 Å². The van der Waals surface area contributed by atoms with Crippen LogP contribution in [0.5, 0.6) is 11.5 Å². The second kappa shape index (κ2) is 8.05. The summed E-state index contributed by atoms with van der Waals surface area (Å²) in [5, 5.41) is 2.25. The monoisotopic (exact) mass is 385 g/mol. The summed E-state index contributed by atoms with van der Waals surface area (Å²) >= 11 is 1.38. The molecule has 3 rings (SSSR count). The predicted octanol–water partition coefficient (Wildman–Crippen LogP) is 2.96. The first-order chi connectivity index (χ1) is 13.0. The van der Waals surface area contributed by atoms with Crippen molar-refractivity contribution in [2.75, 3.05) is 19.1 Å². The average Bonchev–Trinajstić information content (AvgIpc) is 3.12. The first-order valence-corrected chi connectivity index (χ1v) is 9.11. The Morgan fingerprint density at radius 2 is 2.15 bits per heavy atom. The maximum absolute atomic E-state index is 12.5. The summed E-state index contributed by atoms with van der Waals surface area (Å²) in [5.74, 6) is 0.886. The molecule has 3 aromatic rings. The molecule has 0 saturated carbocycles. The average molecular weight is 385 g/mol. The Balaban J connectivity index is 1.73. The lowest BCUT2D eigenvalue weighted by Crippen LogP contribution is -2.37. The molecule has 140 valence electrons. The first kappa shape index (κ1) is 18.7. The van der Waals surface area contributed by atoms with Crippen LogP contribution in [0.3, 0.4) is 0 Å². The molecule has 0 unspecified atom stereocenters. The third-order valence-corrected chi connectivity index (χ3v) is 4.61. The summed E-state index contributed by atoms with van der Waals surface area (Å²) in [5.41, 5.74) is 3.17. The molecule has 2 aromatic heterocycles. The molecule has 7 nitrogen and oxygen atoms in total. The lowest BCUT2D eigenvalue weighted by atomic mass is 10.2. The van der Waals surface area contributed by atoms with E-state index in [1.54, 1.807) is 24.4 Å². The van der Waals surface area contributed by atoms with Crippen LogP contribution in [0.2, 0.25) is 0 Å². The molecule has 1 amide bonds. The van der Waals surface area contributed by atoms with E-state index in [4.69, 9.17) is 9.47 Å². The summed E-state index contributed by atoms with van der Waals surface area (Å²) in [7, 11) is 1.53. The minimum atomic E-state index is -0.476. The van der Waals surface area contributed by atoms with Gasteiger partial charge in [-0.25, -0.2) is 9.66 Å². The predicted molar refractivity (Wildman–Crippen MR) is 106 cm³/mol. The van der Waals surface area contributed by atoms with Gasteiger partial charge in [-0.15, -0.1) is 11.3 Å². The number of thiophene rings is 1. The lowest BCUT2D eigenvalue weighted by Gasteiger charge is -2.13. The van der Waals surface area contributed by atoms with Crippen LogP contribution in [0, 0.1) is 6.92 Å². The van der Waals surface area contributed by atoms with Gasteiger partial charge in [0.15, 0.2) is 18.1 Å². The van der Waals surface area contributed by atoms with Crippen LogP contribution < -0.4 is 20.5 Å². The number of benzene rings is 1. The van der Waals surface area contributed by atoms with Gasteiger partial charge in [0.1, 0.15) is 10.7 Å². The molecule has 0 fully saturated rings. The Kier molecular flexibility index (Phi) is 5.56. The Hall–Kier alpha value is -3.13. The van der Waals surface area contributed by atoms with E-state index in [1.807, 2.05) is 31.2 Å². The Bertz CT molecular complexity index is 1070. The highest BCUT2D eigenvalue weighted by molar-refractivity contribution is 7.16. The molecular weight excluding hydrogens is 366 g/mol. The number of nitrogens with zero attached hydrogens (tertiary/aromatic N) is 2. The van der Waals surface area contributed by atoms with Crippen molar-refractivity contribution in [1.82, 2.24) is 9.66 Å². The molecule has 0 aliphatic carbocycles. The zero-order valence-electron chi connectivity index (χ0n) is 15.2. The number of aryl methyl sites for hydroxylation is 1. The van der Waals surface area contributed by atoms with Crippen molar-refractivity contribution < 1.29 is 14.3 Å². The fourth-order valence-electron chi connectivity index (χ4n) is 2.55. The van der Waals surface area contributed by atoms with Crippen LogP contribution in [-0.2, 0) is 4.79 Å². The molecule has 0 radical (unpaired) electrons. The van der Waals surface area contributed by atoms with Crippen LogP contribution in [-0.4, -0.2) is 29.3 Å². The smallest absolute Gasteiger partial charge is 0.281 e. The topological polar surface area (TPSA) is 82.5 Å².